The molecule has 0 N–H and O–H groups in total. The van der Waals surface area contributed by atoms with Crippen molar-refractivity contribution in [3.05, 3.63) is 69.9 Å². The molecular weight excluding hydrogens is 549 g/mol. The third-order valence-electron chi connectivity index (χ3n) is 9.16. The van der Waals surface area contributed by atoms with Crippen LogP contribution < -0.4 is 0 Å². The summed E-state index contributed by atoms with van der Waals surface area (Å²) in [5.74, 6) is 0.467. The van der Waals surface area contributed by atoms with E-state index in [2.05, 4.69) is 128 Å². The number of rotatable bonds is 14. The Hall–Kier alpha value is -1.72. The molecule has 2 heteroatoms. The molecule has 1 atom stereocenters. The van der Waals surface area contributed by atoms with E-state index in [1.807, 2.05) is 7.05 Å². The SMILES string of the molecule is C=C(C)C1=CC=C(/C(C)=C/C(C=C(C)C(C)(C)C)CCCCCC)C(=NC)C1=PC.CCCCCC/C(C)=C(/C)C(C)(C)C. The number of hydrogen-bond donors (Lipinski definition) is 0. The molecule has 0 amide bonds. The molecule has 250 valence electrons. The fourth-order valence-electron chi connectivity index (χ4n) is 5.34. The smallest absolute Gasteiger partial charge is 0.0766 e. The Morgan fingerprint density at radius 2 is 1.34 bits per heavy atom. The van der Waals surface area contributed by atoms with Gasteiger partial charge in [-0.2, -0.15) is 0 Å². The first-order chi connectivity index (χ1) is 20.5. The van der Waals surface area contributed by atoms with Crippen LogP contribution >= 0.6 is 8.20 Å². The van der Waals surface area contributed by atoms with Crippen LogP contribution in [0.2, 0.25) is 0 Å². The summed E-state index contributed by atoms with van der Waals surface area (Å²) in [7, 11) is 3.15. The van der Waals surface area contributed by atoms with Crippen LogP contribution in [0.1, 0.15) is 154 Å². The van der Waals surface area contributed by atoms with Gasteiger partial charge in [-0.15, -0.1) is 0 Å². The molecule has 1 unspecified atom stereocenters. The van der Waals surface area contributed by atoms with Gasteiger partial charge in [0.05, 0.1) is 5.71 Å². The van der Waals surface area contributed by atoms with Crippen molar-refractivity contribution in [2.45, 2.75) is 154 Å². The van der Waals surface area contributed by atoms with Crippen molar-refractivity contribution in [2.24, 2.45) is 21.7 Å². The van der Waals surface area contributed by atoms with Gasteiger partial charge in [-0.05, 0) is 88.4 Å². The number of aliphatic imine (C=N–C) groups is 1. The van der Waals surface area contributed by atoms with E-state index < -0.39 is 0 Å². The van der Waals surface area contributed by atoms with E-state index in [0.717, 1.165) is 11.3 Å². The molecule has 44 heavy (non-hydrogen) atoms. The average molecular weight is 622 g/mol. The van der Waals surface area contributed by atoms with Crippen LogP contribution in [-0.2, 0) is 0 Å². The van der Waals surface area contributed by atoms with Crippen molar-refractivity contribution in [1.82, 2.24) is 0 Å². The van der Waals surface area contributed by atoms with Gasteiger partial charge in [0, 0.05) is 17.9 Å². The maximum atomic E-state index is 4.70. The van der Waals surface area contributed by atoms with E-state index in [4.69, 9.17) is 4.99 Å². The van der Waals surface area contributed by atoms with Crippen molar-refractivity contribution in [3.8, 4) is 0 Å². The quantitative estimate of drug-likeness (QED) is 0.104. The monoisotopic (exact) mass is 622 g/mol. The highest BCUT2D eigenvalue weighted by Crippen LogP contribution is 2.31. The largest absolute Gasteiger partial charge is 0.287 e. The Bertz CT molecular complexity index is 1120. The van der Waals surface area contributed by atoms with E-state index in [9.17, 15) is 0 Å². The fourth-order valence-corrected chi connectivity index (χ4v) is 6.28. The van der Waals surface area contributed by atoms with E-state index in [0.29, 0.717) is 11.3 Å². The Kier molecular flexibility index (Phi) is 20.3. The normalized spacial score (nSPS) is 18.0. The zero-order valence-electron chi connectivity index (χ0n) is 32.1. The lowest BCUT2D eigenvalue weighted by Crippen LogP contribution is -2.22. The van der Waals surface area contributed by atoms with E-state index in [1.165, 1.54) is 100.0 Å². The van der Waals surface area contributed by atoms with Gasteiger partial charge in [-0.25, -0.2) is 0 Å². The molecule has 0 spiro atoms. The first kappa shape index (κ1) is 42.3. The van der Waals surface area contributed by atoms with Gasteiger partial charge >= 0.3 is 0 Å². The summed E-state index contributed by atoms with van der Waals surface area (Å²) < 4.78 is 0. The fraction of sp³-hybridized carbons (Fsp3) is 0.667. The minimum Gasteiger partial charge on any atom is -0.287 e. The molecular formula is C42H72NP. The minimum absolute atomic E-state index is 0.213. The maximum absolute atomic E-state index is 4.70. The summed E-state index contributed by atoms with van der Waals surface area (Å²) in [6.45, 7) is 35.9. The Labute approximate surface area is 278 Å². The van der Waals surface area contributed by atoms with Crippen molar-refractivity contribution in [2.75, 3.05) is 13.7 Å². The molecule has 0 aromatic heterocycles. The highest BCUT2D eigenvalue weighted by atomic mass is 31.1. The van der Waals surface area contributed by atoms with Crippen LogP contribution in [-0.4, -0.2) is 24.7 Å². The second kappa shape index (κ2) is 21.1. The van der Waals surface area contributed by atoms with Crippen LogP contribution in [0.4, 0.5) is 0 Å². The lowest BCUT2D eigenvalue weighted by Gasteiger charge is -2.23. The molecule has 0 saturated carbocycles. The molecule has 0 bridgehead atoms. The van der Waals surface area contributed by atoms with Gasteiger partial charge in [0.1, 0.15) is 0 Å². The first-order valence-electron chi connectivity index (χ1n) is 17.5. The van der Waals surface area contributed by atoms with Gasteiger partial charge in [0.15, 0.2) is 0 Å². The average Bonchev–Trinajstić information content (AvgIpc) is 2.95. The second-order valence-electron chi connectivity index (χ2n) is 15.0. The Balaban J connectivity index is 0.00000111. The molecule has 0 fully saturated rings. The molecule has 0 heterocycles. The number of allylic oxidation sites excluding steroid dienone is 11. The molecule has 1 nitrogen and oxygen atoms in total. The summed E-state index contributed by atoms with van der Waals surface area (Å²) in [6.07, 6.45) is 22.7. The van der Waals surface area contributed by atoms with Crippen LogP contribution in [0.25, 0.3) is 0 Å². The van der Waals surface area contributed by atoms with Gasteiger partial charge in [0.25, 0.3) is 0 Å². The number of hydrogen-bond acceptors (Lipinski definition) is 1. The maximum Gasteiger partial charge on any atom is 0.0766 e. The van der Waals surface area contributed by atoms with Gasteiger partial charge in [0.2, 0.25) is 0 Å². The van der Waals surface area contributed by atoms with Crippen molar-refractivity contribution in [3.63, 3.8) is 0 Å². The zero-order chi connectivity index (χ0) is 34.1. The highest BCUT2D eigenvalue weighted by Gasteiger charge is 2.22. The highest BCUT2D eigenvalue weighted by molar-refractivity contribution is 7.44. The van der Waals surface area contributed by atoms with Gasteiger partial charge in [-0.3, -0.25) is 4.99 Å². The van der Waals surface area contributed by atoms with E-state index in [1.54, 1.807) is 11.1 Å². The van der Waals surface area contributed by atoms with Gasteiger partial charge in [-0.1, -0.05) is 162 Å². The summed E-state index contributed by atoms with van der Waals surface area (Å²) >= 11 is 0. The van der Waals surface area contributed by atoms with Crippen LogP contribution in [0, 0.1) is 16.7 Å². The summed E-state index contributed by atoms with van der Waals surface area (Å²) in [5.41, 5.74) is 11.3. The third-order valence-corrected chi connectivity index (χ3v) is 10.1. The molecule has 0 aromatic rings. The number of unbranched alkanes of at least 4 members (excludes halogenated alkanes) is 6. The molecule has 1 aliphatic rings. The topological polar surface area (TPSA) is 12.4 Å². The molecule has 1 rings (SSSR count). The third kappa shape index (κ3) is 15.5. The lowest BCUT2D eigenvalue weighted by molar-refractivity contribution is 0.493. The Morgan fingerprint density at radius 1 is 0.795 bits per heavy atom. The van der Waals surface area contributed by atoms with Gasteiger partial charge < -0.3 is 0 Å². The standard InChI is InChI=1S/C28H44NP.C14H28/c1-11-12-13-14-15-23(19-22(5)28(6,7)8)18-21(4)25-17-16-24(20(2)3)27(30-10)26(25)29-9;1-7-8-9-10-11-12(2)13(3)14(4,5)6/h16-19,23H,2,11-15H2,1,3-10H3;7-11H2,1-6H3/b21-18+,22-19?,29-26?;13-12-. The summed E-state index contributed by atoms with van der Waals surface area (Å²) in [4.78, 5) is 4.70. The predicted octanol–water partition coefficient (Wildman–Crippen LogP) is 14.1. The Morgan fingerprint density at radius 3 is 1.80 bits per heavy atom. The van der Waals surface area contributed by atoms with Crippen LogP contribution in [0.3, 0.4) is 0 Å². The van der Waals surface area contributed by atoms with Crippen molar-refractivity contribution in [1.29, 1.82) is 0 Å². The van der Waals surface area contributed by atoms with Crippen LogP contribution in [0.5, 0.6) is 0 Å². The molecule has 0 aliphatic heterocycles. The predicted molar refractivity (Wildman–Crippen MR) is 208 cm³/mol. The van der Waals surface area contributed by atoms with Crippen molar-refractivity contribution < 1.29 is 0 Å². The molecule has 0 aromatic carbocycles. The molecule has 1 aliphatic carbocycles. The van der Waals surface area contributed by atoms with Crippen LogP contribution in [0.15, 0.2) is 74.9 Å². The van der Waals surface area contributed by atoms with E-state index >= 15 is 0 Å². The lowest BCUT2D eigenvalue weighted by atomic mass is 9.83. The van der Waals surface area contributed by atoms with E-state index in [-0.39, 0.29) is 5.41 Å². The summed E-state index contributed by atoms with van der Waals surface area (Å²) in [6, 6.07) is 0. The molecule has 0 radical (unpaired) electrons. The summed E-state index contributed by atoms with van der Waals surface area (Å²) in [5, 5.41) is 1.29. The number of nitrogens with zero attached hydrogens (tertiary/aromatic N) is 1. The zero-order valence-corrected chi connectivity index (χ0v) is 33.0. The minimum atomic E-state index is 0.213. The van der Waals surface area contributed by atoms with Crippen molar-refractivity contribution >= 4 is 19.2 Å². The molecule has 0 saturated heterocycles. The second-order valence-corrected chi connectivity index (χ2v) is 15.9. The first-order valence-corrected chi connectivity index (χ1v) is 18.9.